The van der Waals surface area contributed by atoms with Crippen molar-refractivity contribution in [3.8, 4) is 0 Å². The number of aryl methyl sites for hydroxylation is 1. The van der Waals surface area contributed by atoms with Crippen molar-refractivity contribution in [1.82, 2.24) is 5.32 Å². The van der Waals surface area contributed by atoms with Crippen LogP contribution < -0.4 is 5.32 Å². The fourth-order valence-electron chi connectivity index (χ4n) is 1.39. The Morgan fingerprint density at radius 2 is 2.13 bits per heavy atom. The number of carbonyl (C=O) groups excluding carboxylic acids is 1. The third kappa shape index (κ3) is 2.80. The van der Waals surface area contributed by atoms with Gasteiger partial charge in [-0.25, -0.2) is 0 Å². The maximum Gasteiger partial charge on any atom is 0.251 e. The van der Waals surface area contributed by atoms with E-state index in [0.29, 0.717) is 12.1 Å². The molecule has 0 aromatic heterocycles. The summed E-state index contributed by atoms with van der Waals surface area (Å²) >= 11 is 0. The van der Waals surface area contributed by atoms with Gasteiger partial charge in [-0.15, -0.1) is 0 Å². The summed E-state index contributed by atoms with van der Waals surface area (Å²) in [7, 11) is 0. The molecule has 0 aliphatic carbocycles. The SMILES string of the molecule is CCc1ccc(C(=O)NC[C@H]2CO2)cc1. The van der Waals surface area contributed by atoms with Crippen LogP contribution in [-0.2, 0) is 11.2 Å². The van der Waals surface area contributed by atoms with Gasteiger partial charge < -0.3 is 10.1 Å². The average Bonchev–Trinajstić information content (AvgIpc) is 3.10. The molecule has 0 saturated carbocycles. The average molecular weight is 205 g/mol. The van der Waals surface area contributed by atoms with Gasteiger partial charge in [-0.3, -0.25) is 4.79 Å². The third-order valence-corrected chi connectivity index (χ3v) is 2.52. The lowest BCUT2D eigenvalue weighted by atomic mass is 10.1. The summed E-state index contributed by atoms with van der Waals surface area (Å²) in [5.41, 5.74) is 1.96. The molecule has 3 heteroatoms. The van der Waals surface area contributed by atoms with Crippen molar-refractivity contribution in [2.45, 2.75) is 19.4 Å². The highest BCUT2D eigenvalue weighted by molar-refractivity contribution is 5.94. The van der Waals surface area contributed by atoms with Crippen molar-refractivity contribution in [3.05, 3.63) is 35.4 Å². The van der Waals surface area contributed by atoms with E-state index in [1.807, 2.05) is 24.3 Å². The van der Waals surface area contributed by atoms with Gasteiger partial charge in [-0.05, 0) is 24.1 Å². The highest BCUT2D eigenvalue weighted by Gasteiger charge is 2.22. The van der Waals surface area contributed by atoms with Crippen LogP contribution >= 0.6 is 0 Å². The number of rotatable bonds is 4. The number of epoxide rings is 1. The molecule has 2 rings (SSSR count). The molecule has 15 heavy (non-hydrogen) atoms. The molecule has 1 N–H and O–H groups in total. The second-order valence-corrected chi connectivity index (χ2v) is 3.72. The predicted molar refractivity (Wildman–Crippen MR) is 57.9 cm³/mol. The molecule has 0 bridgehead atoms. The van der Waals surface area contributed by atoms with Gasteiger partial charge in [0.15, 0.2) is 0 Å². The molecule has 1 saturated heterocycles. The molecule has 0 unspecified atom stereocenters. The summed E-state index contributed by atoms with van der Waals surface area (Å²) in [6.45, 7) is 3.49. The van der Waals surface area contributed by atoms with E-state index in [0.717, 1.165) is 13.0 Å². The van der Waals surface area contributed by atoms with Gasteiger partial charge in [0.05, 0.1) is 12.7 Å². The van der Waals surface area contributed by atoms with Gasteiger partial charge in [-0.1, -0.05) is 19.1 Å². The first kappa shape index (κ1) is 10.2. The maximum atomic E-state index is 11.6. The lowest BCUT2D eigenvalue weighted by Crippen LogP contribution is -2.27. The van der Waals surface area contributed by atoms with Crippen LogP contribution in [0.5, 0.6) is 0 Å². The van der Waals surface area contributed by atoms with Crippen LogP contribution in [0.1, 0.15) is 22.8 Å². The lowest BCUT2D eigenvalue weighted by Gasteiger charge is -2.03. The number of benzene rings is 1. The molecule has 1 aliphatic rings. The van der Waals surface area contributed by atoms with E-state index >= 15 is 0 Å². The number of hydrogen-bond donors (Lipinski definition) is 1. The van der Waals surface area contributed by atoms with Crippen molar-refractivity contribution in [2.75, 3.05) is 13.2 Å². The number of nitrogens with one attached hydrogen (secondary N) is 1. The van der Waals surface area contributed by atoms with E-state index in [1.165, 1.54) is 5.56 Å². The number of hydrogen-bond acceptors (Lipinski definition) is 2. The van der Waals surface area contributed by atoms with Crippen LogP contribution in [0.15, 0.2) is 24.3 Å². The molecule has 1 fully saturated rings. The molecule has 1 atom stereocenters. The Hall–Kier alpha value is -1.35. The second kappa shape index (κ2) is 4.45. The minimum absolute atomic E-state index is 0.0202. The van der Waals surface area contributed by atoms with E-state index in [-0.39, 0.29) is 12.0 Å². The van der Waals surface area contributed by atoms with E-state index in [2.05, 4.69) is 12.2 Å². The molecule has 1 aromatic rings. The van der Waals surface area contributed by atoms with Gasteiger partial charge in [0, 0.05) is 12.1 Å². The molecule has 1 aliphatic heterocycles. The summed E-state index contributed by atoms with van der Waals surface area (Å²) in [5.74, 6) is -0.0202. The Balaban J connectivity index is 1.91. The van der Waals surface area contributed by atoms with Gasteiger partial charge in [0.1, 0.15) is 0 Å². The Labute approximate surface area is 89.4 Å². The lowest BCUT2D eigenvalue weighted by molar-refractivity contribution is 0.0950. The largest absolute Gasteiger partial charge is 0.371 e. The molecule has 80 valence electrons. The molecular weight excluding hydrogens is 190 g/mol. The molecule has 0 spiro atoms. The van der Waals surface area contributed by atoms with Crippen LogP contribution in [0.4, 0.5) is 0 Å². The van der Waals surface area contributed by atoms with Gasteiger partial charge >= 0.3 is 0 Å². The zero-order valence-corrected chi connectivity index (χ0v) is 8.82. The third-order valence-electron chi connectivity index (χ3n) is 2.52. The van der Waals surface area contributed by atoms with Crippen molar-refractivity contribution in [1.29, 1.82) is 0 Å². The van der Waals surface area contributed by atoms with Crippen LogP contribution in [0, 0.1) is 0 Å². The fourth-order valence-corrected chi connectivity index (χ4v) is 1.39. The summed E-state index contributed by atoms with van der Waals surface area (Å²) in [5, 5.41) is 2.83. The fraction of sp³-hybridized carbons (Fsp3) is 0.417. The Bertz CT molecular complexity index is 341. The molecule has 0 radical (unpaired) electrons. The van der Waals surface area contributed by atoms with Crippen LogP contribution in [0.25, 0.3) is 0 Å². The van der Waals surface area contributed by atoms with Gasteiger partial charge in [0.25, 0.3) is 5.91 Å². The number of ether oxygens (including phenoxy) is 1. The topological polar surface area (TPSA) is 41.6 Å². The van der Waals surface area contributed by atoms with Crippen LogP contribution in [0.3, 0.4) is 0 Å². The van der Waals surface area contributed by atoms with Crippen molar-refractivity contribution < 1.29 is 9.53 Å². The van der Waals surface area contributed by atoms with Crippen molar-refractivity contribution in [3.63, 3.8) is 0 Å². The smallest absolute Gasteiger partial charge is 0.251 e. The summed E-state index contributed by atoms with van der Waals surface area (Å²) in [4.78, 5) is 11.6. The highest BCUT2D eigenvalue weighted by Crippen LogP contribution is 2.08. The normalized spacial score (nSPS) is 18.6. The van der Waals surface area contributed by atoms with E-state index in [1.54, 1.807) is 0 Å². The van der Waals surface area contributed by atoms with Crippen LogP contribution in [-0.4, -0.2) is 25.2 Å². The first-order chi connectivity index (χ1) is 7.29. The first-order valence-electron chi connectivity index (χ1n) is 5.28. The predicted octanol–water partition coefficient (Wildman–Crippen LogP) is 1.38. The first-order valence-corrected chi connectivity index (χ1v) is 5.28. The number of carbonyl (C=O) groups is 1. The Morgan fingerprint density at radius 3 is 2.67 bits per heavy atom. The van der Waals surface area contributed by atoms with Crippen molar-refractivity contribution in [2.24, 2.45) is 0 Å². The van der Waals surface area contributed by atoms with E-state index in [9.17, 15) is 4.79 Å². The molecule has 1 aromatic carbocycles. The summed E-state index contributed by atoms with van der Waals surface area (Å²) < 4.78 is 5.02. The molecular formula is C12H15NO2. The highest BCUT2D eigenvalue weighted by atomic mass is 16.6. The summed E-state index contributed by atoms with van der Waals surface area (Å²) in [6.07, 6.45) is 1.24. The maximum absolute atomic E-state index is 11.6. The monoisotopic (exact) mass is 205 g/mol. The van der Waals surface area contributed by atoms with Crippen molar-refractivity contribution >= 4 is 5.91 Å². The standard InChI is InChI=1S/C12H15NO2/c1-2-9-3-5-10(6-4-9)12(14)13-7-11-8-15-11/h3-6,11H,2,7-8H2,1H3,(H,13,14)/t11-/m0/s1. The number of amides is 1. The van der Waals surface area contributed by atoms with Crippen LogP contribution in [0.2, 0.25) is 0 Å². The quantitative estimate of drug-likeness (QED) is 0.754. The zero-order valence-electron chi connectivity index (χ0n) is 8.82. The molecule has 3 nitrogen and oxygen atoms in total. The molecule has 1 heterocycles. The van der Waals surface area contributed by atoms with E-state index in [4.69, 9.17) is 4.74 Å². The van der Waals surface area contributed by atoms with Gasteiger partial charge in [-0.2, -0.15) is 0 Å². The minimum Gasteiger partial charge on any atom is -0.371 e. The minimum atomic E-state index is -0.0202. The van der Waals surface area contributed by atoms with Gasteiger partial charge in [0.2, 0.25) is 0 Å². The Morgan fingerprint density at radius 1 is 1.47 bits per heavy atom. The molecule has 1 amide bonds. The Kier molecular flexibility index (Phi) is 3.02. The second-order valence-electron chi connectivity index (χ2n) is 3.72. The van der Waals surface area contributed by atoms with E-state index < -0.39 is 0 Å². The zero-order chi connectivity index (χ0) is 10.7. The summed E-state index contributed by atoms with van der Waals surface area (Å²) in [6, 6.07) is 7.70.